The van der Waals surface area contributed by atoms with Crippen LogP contribution in [0.4, 0.5) is 5.69 Å². The second-order valence-electron chi connectivity index (χ2n) is 6.24. The minimum Gasteiger partial charge on any atom is -0.398 e. The van der Waals surface area contributed by atoms with Crippen LogP contribution in [0.2, 0.25) is 0 Å². The quantitative estimate of drug-likeness (QED) is 0.807. The van der Waals surface area contributed by atoms with E-state index < -0.39 is 0 Å². The molecule has 1 amide bonds. The molecule has 0 saturated carbocycles. The molecule has 1 atom stereocenters. The largest absolute Gasteiger partial charge is 0.398 e. The maximum atomic E-state index is 12.5. The first-order valence-electron chi connectivity index (χ1n) is 7.44. The number of hydrogen-bond acceptors (Lipinski definition) is 3. The molecule has 4 heteroatoms. The van der Waals surface area contributed by atoms with Crippen LogP contribution in [0.1, 0.15) is 34.3 Å². The summed E-state index contributed by atoms with van der Waals surface area (Å²) in [7, 11) is 0. The van der Waals surface area contributed by atoms with Crippen molar-refractivity contribution in [2.24, 2.45) is 5.92 Å². The summed E-state index contributed by atoms with van der Waals surface area (Å²) in [5.41, 5.74) is 9.36. The number of amides is 1. The van der Waals surface area contributed by atoms with Gasteiger partial charge in [-0.2, -0.15) is 0 Å². The average Bonchev–Trinajstić information content (AvgIpc) is 2.44. The van der Waals surface area contributed by atoms with Crippen molar-refractivity contribution in [3.8, 4) is 0 Å². The fraction of sp³-hybridized carbons (Fsp3) is 0.562. The van der Waals surface area contributed by atoms with Gasteiger partial charge in [-0.15, -0.1) is 0 Å². The van der Waals surface area contributed by atoms with Gasteiger partial charge in [0.05, 0.1) is 0 Å². The fourth-order valence-corrected chi connectivity index (χ4v) is 3.49. The van der Waals surface area contributed by atoms with E-state index in [1.807, 2.05) is 19.9 Å². The molecule has 4 nitrogen and oxygen atoms in total. The van der Waals surface area contributed by atoms with Gasteiger partial charge in [-0.1, -0.05) is 6.07 Å². The Morgan fingerprint density at radius 1 is 1.25 bits per heavy atom. The summed E-state index contributed by atoms with van der Waals surface area (Å²) in [6.07, 6.45) is 2.42. The van der Waals surface area contributed by atoms with Gasteiger partial charge in [-0.25, -0.2) is 0 Å². The molecule has 1 aromatic carbocycles. The highest BCUT2D eigenvalue weighted by Crippen LogP contribution is 2.28. The molecule has 108 valence electrons. The van der Waals surface area contributed by atoms with Crippen molar-refractivity contribution in [1.82, 2.24) is 10.2 Å². The number of carbonyl (C=O) groups excluding carboxylic acids is 1. The normalized spacial score (nSPS) is 28.4. The number of carbonyl (C=O) groups is 1. The van der Waals surface area contributed by atoms with Crippen LogP contribution in [0.15, 0.2) is 12.1 Å². The lowest BCUT2D eigenvalue weighted by Gasteiger charge is -2.45. The maximum Gasteiger partial charge on any atom is 0.251 e. The van der Waals surface area contributed by atoms with Gasteiger partial charge in [0.15, 0.2) is 0 Å². The minimum absolute atomic E-state index is 0.0212. The summed E-state index contributed by atoms with van der Waals surface area (Å²) in [5.74, 6) is 0.667. The van der Waals surface area contributed by atoms with Crippen LogP contribution in [0.3, 0.4) is 0 Å². The monoisotopic (exact) mass is 273 g/mol. The molecule has 3 heterocycles. The average molecular weight is 273 g/mol. The molecule has 1 unspecified atom stereocenters. The lowest BCUT2D eigenvalue weighted by molar-refractivity contribution is 0.0620. The van der Waals surface area contributed by atoms with E-state index >= 15 is 0 Å². The third kappa shape index (κ3) is 2.40. The lowest BCUT2D eigenvalue weighted by atomic mass is 9.84. The molecule has 1 aromatic rings. The highest BCUT2D eigenvalue weighted by Gasteiger charge is 2.35. The molecule has 0 radical (unpaired) electrons. The van der Waals surface area contributed by atoms with Crippen LogP contribution in [-0.2, 0) is 0 Å². The zero-order chi connectivity index (χ0) is 14.3. The van der Waals surface area contributed by atoms with Crippen LogP contribution in [0, 0.1) is 19.8 Å². The Kier molecular flexibility index (Phi) is 3.42. The molecule has 4 rings (SSSR count). The Hall–Kier alpha value is -1.55. The van der Waals surface area contributed by atoms with Gasteiger partial charge < -0.3 is 16.0 Å². The topological polar surface area (TPSA) is 58.4 Å². The van der Waals surface area contributed by atoms with E-state index in [1.54, 1.807) is 6.07 Å². The number of aryl methyl sites for hydroxylation is 2. The number of nitrogens with two attached hydrogens (primary N) is 1. The number of nitrogens with one attached hydrogen (secondary N) is 1. The Morgan fingerprint density at radius 2 is 1.95 bits per heavy atom. The Bertz CT molecular complexity index is 533. The number of hydrogen-bond donors (Lipinski definition) is 2. The summed E-state index contributed by atoms with van der Waals surface area (Å²) in [4.78, 5) is 14.9. The Labute approximate surface area is 120 Å². The number of piperidine rings is 3. The number of nitrogens with zero attached hydrogens (tertiary/aromatic N) is 1. The van der Waals surface area contributed by atoms with Gasteiger partial charge in [0.2, 0.25) is 0 Å². The number of rotatable bonds is 2. The first-order chi connectivity index (χ1) is 9.54. The van der Waals surface area contributed by atoms with Gasteiger partial charge in [-0.3, -0.25) is 4.79 Å². The van der Waals surface area contributed by atoms with Crippen molar-refractivity contribution in [1.29, 1.82) is 0 Å². The van der Waals surface area contributed by atoms with Crippen molar-refractivity contribution in [2.45, 2.75) is 32.7 Å². The number of fused-ring (bicyclic) bond motifs is 3. The van der Waals surface area contributed by atoms with Crippen LogP contribution >= 0.6 is 0 Å². The second-order valence-corrected chi connectivity index (χ2v) is 6.24. The SMILES string of the molecule is Cc1cc(C)c(C(=O)NC2CN3CCC2CC3)cc1N. The van der Waals surface area contributed by atoms with Gasteiger partial charge in [0.25, 0.3) is 5.91 Å². The molecule has 3 aliphatic rings. The molecule has 3 aliphatic heterocycles. The standard InChI is InChI=1S/C16H23N3O/c1-10-7-11(2)14(17)8-13(10)16(20)18-15-9-19-5-3-12(15)4-6-19/h7-8,12,15H,3-6,9,17H2,1-2H3,(H,18,20). The molecule has 0 spiro atoms. The van der Waals surface area contributed by atoms with Crippen LogP contribution < -0.4 is 11.1 Å². The predicted octanol–water partition coefficient (Wildman–Crippen LogP) is 1.71. The maximum absolute atomic E-state index is 12.5. The lowest BCUT2D eigenvalue weighted by Crippen LogP contribution is -2.57. The summed E-state index contributed by atoms with van der Waals surface area (Å²) in [6.45, 7) is 7.31. The van der Waals surface area contributed by atoms with E-state index in [-0.39, 0.29) is 5.91 Å². The van der Waals surface area contributed by atoms with E-state index in [1.165, 1.54) is 25.9 Å². The molecule has 2 bridgehead atoms. The zero-order valence-corrected chi connectivity index (χ0v) is 12.3. The molecule has 20 heavy (non-hydrogen) atoms. The highest BCUT2D eigenvalue weighted by atomic mass is 16.1. The number of nitrogen functional groups attached to an aromatic ring is 1. The van der Waals surface area contributed by atoms with E-state index in [4.69, 9.17) is 5.73 Å². The summed E-state index contributed by atoms with van der Waals surface area (Å²) >= 11 is 0. The van der Waals surface area contributed by atoms with Gasteiger partial charge in [0.1, 0.15) is 0 Å². The van der Waals surface area contributed by atoms with E-state index in [2.05, 4.69) is 10.2 Å². The third-order valence-electron chi connectivity index (χ3n) is 4.83. The van der Waals surface area contributed by atoms with E-state index in [9.17, 15) is 4.79 Å². The van der Waals surface area contributed by atoms with Gasteiger partial charge >= 0.3 is 0 Å². The first-order valence-corrected chi connectivity index (χ1v) is 7.44. The predicted molar refractivity (Wildman–Crippen MR) is 80.7 cm³/mol. The van der Waals surface area contributed by atoms with Crippen LogP contribution in [-0.4, -0.2) is 36.5 Å². The molecule has 3 N–H and O–H groups in total. The molecule has 0 aromatic heterocycles. The van der Waals surface area contributed by atoms with E-state index in [0.717, 1.165) is 17.7 Å². The Morgan fingerprint density at radius 3 is 2.55 bits per heavy atom. The fourth-order valence-electron chi connectivity index (χ4n) is 3.49. The van der Waals surface area contributed by atoms with Crippen molar-refractivity contribution in [3.63, 3.8) is 0 Å². The molecular formula is C16H23N3O. The smallest absolute Gasteiger partial charge is 0.251 e. The third-order valence-corrected chi connectivity index (χ3v) is 4.83. The van der Waals surface area contributed by atoms with Crippen molar-refractivity contribution in [3.05, 3.63) is 28.8 Å². The summed E-state index contributed by atoms with van der Waals surface area (Å²) in [6, 6.07) is 4.09. The van der Waals surface area contributed by atoms with Crippen molar-refractivity contribution >= 4 is 11.6 Å². The molecule has 3 fully saturated rings. The first kappa shape index (κ1) is 13.4. The van der Waals surface area contributed by atoms with Crippen molar-refractivity contribution < 1.29 is 4.79 Å². The van der Waals surface area contributed by atoms with Crippen molar-refractivity contribution in [2.75, 3.05) is 25.4 Å². The van der Waals surface area contributed by atoms with E-state index in [0.29, 0.717) is 23.2 Å². The van der Waals surface area contributed by atoms with Gasteiger partial charge in [0, 0.05) is 23.8 Å². The molecular weight excluding hydrogens is 250 g/mol. The van der Waals surface area contributed by atoms with Crippen LogP contribution in [0.5, 0.6) is 0 Å². The number of benzene rings is 1. The second kappa shape index (κ2) is 5.09. The van der Waals surface area contributed by atoms with Crippen LogP contribution in [0.25, 0.3) is 0 Å². The number of anilines is 1. The summed E-state index contributed by atoms with van der Waals surface area (Å²) < 4.78 is 0. The zero-order valence-electron chi connectivity index (χ0n) is 12.3. The molecule has 3 saturated heterocycles. The molecule has 0 aliphatic carbocycles. The van der Waals surface area contributed by atoms with Gasteiger partial charge in [-0.05, 0) is 62.9 Å². The minimum atomic E-state index is 0.0212. The summed E-state index contributed by atoms with van der Waals surface area (Å²) in [5, 5.41) is 3.22. The highest BCUT2D eigenvalue weighted by molar-refractivity contribution is 5.97. The Balaban J connectivity index is 1.75.